The fourth-order valence-corrected chi connectivity index (χ4v) is 3.63. The molecule has 2 aromatic carbocycles. The maximum atomic E-state index is 12.6. The van der Waals surface area contributed by atoms with Crippen LogP contribution in [0.1, 0.15) is 41.9 Å². The van der Waals surface area contributed by atoms with E-state index in [1.165, 1.54) is 31.0 Å². The number of nitrogens with zero attached hydrogens (tertiary/aromatic N) is 3. The molecule has 1 amide bonds. The Morgan fingerprint density at radius 2 is 1.77 bits per heavy atom. The Labute approximate surface area is 172 Å². The molecule has 3 aromatic rings. The van der Waals surface area contributed by atoms with Crippen molar-refractivity contribution >= 4 is 11.6 Å². The molecule has 8 heteroatoms. The number of alkyl halides is 2. The first-order valence-electron chi connectivity index (χ1n) is 9.99. The Bertz CT molecular complexity index is 1020. The summed E-state index contributed by atoms with van der Waals surface area (Å²) in [7, 11) is 0. The summed E-state index contributed by atoms with van der Waals surface area (Å²) in [5.74, 6) is 1.15. The highest BCUT2D eigenvalue weighted by molar-refractivity contribution is 6.06. The van der Waals surface area contributed by atoms with Crippen molar-refractivity contribution in [3.8, 4) is 17.1 Å². The minimum atomic E-state index is -3.00. The van der Waals surface area contributed by atoms with Crippen molar-refractivity contribution in [2.45, 2.75) is 45.3 Å². The maximum absolute atomic E-state index is 12.6. The van der Waals surface area contributed by atoms with Gasteiger partial charge in [0.25, 0.3) is 5.91 Å². The summed E-state index contributed by atoms with van der Waals surface area (Å²) in [4.78, 5) is 12.5. The van der Waals surface area contributed by atoms with Gasteiger partial charge in [-0.3, -0.25) is 4.79 Å². The zero-order valence-electron chi connectivity index (χ0n) is 16.4. The van der Waals surface area contributed by atoms with E-state index in [4.69, 9.17) is 0 Å². The van der Waals surface area contributed by atoms with E-state index in [-0.39, 0.29) is 11.3 Å². The summed E-state index contributed by atoms with van der Waals surface area (Å²) in [5, 5.41) is 11.4. The number of aryl methyl sites for hydroxylation is 1. The van der Waals surface area contributed by atoms with Crippen molar-refractivity contribution in [3.05, 3.63) is 59.9 Å². The molecule has 0 radical (unpaired) electrons. The zero-order valence-corrected chi connectivity index (χ0v) is 16.4. The number of amides is 1. The third-order valence-corrected chi connectivity index (χ3v) is 5.11. The van der Waals surface area contributed by atoms with Crippen LogP contribution in [-0.2, 0) is 13.0 Å². The lowest BCUT2D eigenvalue weighted by Gasteiger charge is -2.14. The number of nitrogens with one attached hydrogen (secondary N) is 1. The van der Waals surface area contributed by atoms with Gasteiger partial charge in [-0.1, -0.05) is 25.0 Å². The first-order chi connectivity index (χ1) is 14.6. The van der Waals surface area contributed by atoms with Crippen LogP contribution >= 0.6 is 0 Å². The molecule has 4 rings (SSSR count). The van der Waals surface area contributed by atoms with E-state index in [2.05, 4.69) is 24.8 Å². The monoisotopic (exact) mass is 412 g/mol. The molecule has 30 heavy (non-hydrogen) atoms. The van der Waals surface area contributed by atoms with Crippen molar-refractivity contribution in [1.82, 2.24) is 14.8 Å². The molecule has 156 valence electrons. The summed E-state index contributed by atoms with van der Waals surface area (Å²) in [6.45, 7) is -2.10. The Kier molecular flexibility index (Phi) is 6.02. The first-order valence-corrected chi connectivity index (χ1v) is 9.99. The Morgan fingerprint density at radius 1 is 1.00 bits per heavy atom. The largest absolute Gasteiger partial charge is 0.434 e. The highest BCUT2D eigenvalue weighted by atomic mass is 19.3. The molecule has 6 nitrogen and oxygen atoms in total. The number of hydrogen-bond acceptors (Lipinski definition) is 4. The van der Waals surface area contributed by atoms with E-state index in [0.29, 0.717) is 5.69 Å². The summed E-state index contributed by atoms with van der Waals surface area (Å²) in [5.41, 5.74) is 1.50. The first kappa shape index (κ1) is 20.0. The molecule has 1 aromatic heterocycles. The van der Waals surface area contributed by atoms with Crippen LogP contribution in [0.4, 0.5) is 14.5 Å². The van der Waals surface area contributed by atoms with Crippen LogP contribution in [0.25, 0.3) is 11.4 Å². The van der Waals surface area contributed by atoms with E-state index in [9.17, 15) is 13.6 Å². The smallest absolute Gasteiger partial charge is 0.387 e. The SMILES string of the molecule is O=C(Nc1ccc(-c2nnc3n2CCCCCC3)cc1)c1ccccc1OC(F)F. The topological polar surface area (TPSA) is 69.0 Å². The summed E-state index contributed by atoms with van der Waals surface area (Å²) in [6, 6.07) is 13.2. The average Bonchev–Trinajstić information content (AvgIpc) is 3.10. The van der Waals surface area contributed by atoms with Crippen molar-refractivity contribution in [3.63, 3.8) is 0 Å². The maximum Gasteiger partial charge on any atom is 0.387 e. The number of ether oxygens (including phenoxy) is 1. The highest BCUT2D eigenvalue weighted by Crippen LogP contribution is 2.25. The van der Waals surface area contributed by atoms with Crippen LogP contribution in [0, 0.1) is 0 Å². The van der Waals surface area contributed by atoms with E-state index in [1.54, 1.807) is 18.2 Å². The lowest BCUT2D eigenvalue weighted by molar-refractivity contribution is -0.0501. The number of hydrogen-bond donors (Lipinski definition) is 1. The van der Waals surface area contributed by atoms with Crippen molar-refractivity contribution < 1.29 is 18.3 Å². The Morgan fingerprint density at radius 3 is 2.57 bits per heavy atom. The van der Waals surface area contributed by atoms with Crippen LogP contribution < -0.4 is 10.1 Å². The quantitative estimate of drug-likeness (QED) is 0.646. The fourth-order valence-electron chi connectivity index (χ4n) is 3.63. The lowest BCUT2D eigenvalue weighted by atomic mass is 10.1. The molecule has 0 saturated heterocycles. The van der Waals surface area contributed by atoms with E-state index in [0.717, 1.165) is 43.0 Å². The van der Waals surface area contributed by atoms with E-state index in [1.807, 2.05) is 12.1 Å². The van der Waals surface area contributed by atoms with Gasteiger partial charge >= 0.3 is 6.61 Å². The lowest BCUT2D eigenvalue weighted by Crippen LogP contribution is -2.15. The number of carbonyl (C=O) groups excluding carboxylic acids is 1. The third kappa shape index (κ3) is 4.48. The number of benzene rings is 2. The molecule has 0 aliphatic carbocycles. The Balaban J connectivity index is 1.51. The Hall–Kier alpha value is -3.29. The van der Waals surface area contributed by atoms with Gasteiger partial charge in [0.05, 0.1) is 5.56 Å². The molecular formula is C22H22F2N4O2. The van der Waals surface area contributed by atoms with Crippen LogP contribution in [0.5, 0.6) is 5.75 Å². The molecule has 0 saturated carbocycles. The number of carbonyl (C=O) groups is 1. The summed E-state index contributed by atoms with van der Waals surface area (Å²) >= 11 is 0. The van der Waals surface area contributed by atoms with Crippen LogP contribution in [0.15, 0.2) is 48.5 Å². The van der Waals surface area contributed by atoms with Gasteiger partial charge in [-0.05, 0) is 49.2 Å². The number of rotatable bonds is 5. The minimum absolute atomic E-state index is 0.0423. The van der Waals surface area contributed by atoms with E-state index < -0.39 is 12.5 Å². The van der Waals surface area contributed by atoms with Gasteiger partial charge in [-0.15, -0.1) is 10.2 Å². The summed E-state index contributed by atoms with van der Waals surface area (Å²) in [6.07, 6.45) is 5.59. The second kappa shape index (κ2) is 9.02. The number of aromatic nitrogens is 3. The molecule has 1 aliphatic rings. The number of fused-ring (bicyclic) bond motifs is 1. The van der Waals surface area contributed by atoms with Crippen molar-refractivity contribution in [2.24, 2.45) is 0 Å². The van der Waals surface area contributed by atoms with Crippen LogP contribution in [0.2, 0.25) is 0 Å². The minimum Gasteiger partial charge on any atom is -0.434 e. The number of para-hydroxylation sites is 1. The van der Waals surface area contributed by atoms with Gasteiger partial charge in [0, 0.05) is 24.2 Å². The second-order valence-corrected chi connectivity index (χ2v) is 7.16. The molecule has 0 fully saturated rings. The average molecular weight is 412 g/mol. The molecular weight excluding hydrogens is 390 g/mol. The van der Waals surface area contributed by atoms with Gasteiger partial charge in [-0.2, -0.15) is 8.78 Å². The van der Waals surface area contributed by atoms with Crippen molar-refractivity contribution in [1.29, 1.82) is 0 Å². The van der Waals surface area contributed by atoms with Gasteiger partial charge in [0.15, 0.2) is 5.82 Å². The molecule has 1 aliphatic heterocycles. The van der Waals surface area contributed by atoms with Crippen LogP contribution in [-0.4, -0.2) is 27.3 Å². The molecule has 1 N–H and O–H groups in total. The predicted octanol–water partition coefficient (Wildman–Crippen LogP) is 4.92. The zero-order chi connectivity index (χ0) is 20.9. The van der Waals surface area contributed by atoms with E-state index >= 15 is 0 Å². The second-order valence-electron chi connectivity index (χ2n) is 7.16. The molecule has 0 atom stereocenters. The number of anilines is 1. The molecule has 0 bridgehead atoms. The third-order valence-electron chi connectivity index (χ3n) is 5.11. The number of halogens is 2. The molecule has 2 heterocycles. The fraction of sp³-hybridized carbons (Fsp3) is 0.318. The van der Waals surface area contributed by atoms with Gasteiger partial charge in [-0.25, -0.2) is 0 Å². The van der Waals surface area contributed by atoms with Gasteiger partial charge in [0.2, 0.25) is 0 Å². The highest BCUT2D eigenvalue weighted by Gasteiger charge is 2.17. The van der Waals surface area contributed by atoms with Gasteiger partial charge in [0.1, 0.15) is 11.6 Å². The molecule has 0 spiro atoms. The molecule has 0 unspecified atom stereocenters. The van der Waals surface area contributed by atoms with Crippen LogP contribution in [0.3, 0.4) is 0 Å². The van der Waals surface area contributed by atoms with Crippen molar-refractivity contribution in [2.75, 3.05) is 5.32 Å². The predicted molar refractivity (Wildman–Crippen MR) is 109 cm³/mol. The van der Waals surface area contributed by atoms with Gasteiger partial charge < -0.3 is 14.6 Å². The standard InChI is InChI=1S/C22H22F2N4O2/c23-22(24)30-18-8-5-4-7-17(18)21(29)25-16-12-10-15(11-13-16)20-27-26-19-9-3-1-2-6-14-28(19)20/h4-5,7-8,10-13,22H,1-3,6,9,14H2,(H,25,29). The normalized spacial score (nSPS) is 14.0. The summed E-state index contributed by atoms with van der Waals surface area (Å²) < 4.78 is 31.7.